The number of rotatable bonds is 6. The third-order valence-corrected chi connectivity index (χ3v) is 1.96. The third kappa shape index (κ3) is 15.7. The van der Waals surface area contributed by atoms with Gasteiger partial charge in [-0.25, -0.2) is 4.94 Å². The number of ether oxygens (including phenoxy) is 3. The van der Waals surface area contributed by atoms with Gasteiger partial charge in [0.25, 0.3) is 0 Å². The number of aliphatic hydroxyl groups excluding tert-OH is 1. The van der Waals surface area contributed by atoms with Crippen LogP contribution in [0.4, 0.5) is 0 Å². The van der Waals surface area contributed by atoms with E-state index in [0.717, 1.165) is 32.8 Å². The number of hydrogen-bond acceptors (Lipinski definition) is 8. The molecule has 2 atom stereocenters. The summed E-state index contributed by atoms with van der Waals surface area (Å²) in [5, 5.41) is 16.2. The van der Waals surface area contributed by atoms with Crippen LogP contribution in [0.25, 0.3) is 0 Å². The summed E-state index contributed by atoms with van der Waals surface area (Å²) in [7, 11) is 0. The highest BCUT2D eigenvalue weighted by atomic mass is 16.7. The lowest BCUT2D eigenvalue weighted by molar-refractivity contribution is -0.0453. The first-order valence-corrected chi connectivity index (χ1v) is 5.86. The second-order valence-corrected chi connectivity index (χ2v) is 3.85. The molecule has 6 N–H and O–H groups in total. The van der Waals surface area contributed by atoms with Crippen LogP contribution in [-0.2, 0) is 19.1 Å². The van der Waals surface area contributed by atoms with Gasteiger partial charge in [0.1, 0.15) is 12.2 Å². The molecule has 0 aliphatic carbocycles. The Hall–Kier alpha value is -0.320. The lowest BCUT2D eigenvalue weighted by atomic mass is 10.3. The Bertz CT molecular complexity index is 164. The van der Waals surface area contributed by atoms with Crippen molar-refractivity contribution in [3.05, 3.63) is 0 Å². The molecule has 2 aliphatic heterocycles. The molecule has 110 valence electrons. The van der Waals surface area contributed by atoms with E-state index >= 15 is 0 Å². The molecule has 0 aromatic heterocycles. The normalized spacial score (nSPS) is 23.7. The van der Waals surface area contributed by atoms with Gasteiger partial charge in [0, 0.05) is 0 Å². The van der Waals surface area contributed by atoms with Gasteiger partial charge >= 0.3 is 0 Å². The summed E-state index contributed by atoms with van der Waals surface area (Å²) in [4.78, 5) is 3.25. The van der Waals surface area contributed by atoms with E-state index in [2.05, 4.69) is 16.7 Å². The van der Waals surface area contributed by atoms with Crippen molar-refractivity contribution in [3.8, 4) is 0 Å². The van der Waals surface area contributed by atoms with Gasteiger partial charge in [-0.05, 0) is 6.42 Å². The van der Waals surface area contributed by atoms with Crippen LogP contribution in [0.3, 0.4) is 0 Å². The van der Waals surface area contributed by atoms with E-state index in [0.29, 0.717) is 18.6 Å². The van der Waals surface area contributed by atoms with Crippen molar-refractivity contribution in [2.45, 2.75) is 38.3 Å². The molecule has 0 aromatic carbocycles. The van der Waals surface area contributed by atoms with Crippen molar-refractivity contribution >= 4 is 0 Å². The quantitative estimate of drug-likeness (QED) is 0.264. The summed E-state index contributed by atoms with van der Waals surface area (Å²) >= 11 is 0. The fourth-order valence-electron chi connectivity index (χ4n) is 0.918. The summed E-state index contributed by atoms with van der Waals surface area (Å²) in [6, 6.07) is 0. The van der Waals surface area contributed by atoms with E-state index in [1.165, 1.54) is 0 Å². The van der Waals surface area contributed by atoms with Crippen LogP contribution in [0.5, 0.6) is 0 Å². The Balaban J connectivity index is 0.000000282. The highest BCUT2D eigenvalue weighted by Crippen LogP contribution is 2.12. The fraction of sp³-hybridized carbons (Fsp3) is 1.00. The molecule has 0 spiro atoms. The zero-order valence-electron chi connectivity index (χ0n) is 10.7. The maximum atomic E-state index is 8.11. The van der Waals surface area contributed by atoms with Gasteiger partial charge in [0.2, 0.25) is 0 Å². The highest BCUT2D eigenvalue weighted by Gasteiger charge is 2.26. The predicted octanol–water partition coefficient (Wildman–Crippen LogP) is -1.35. The first-order chi connectivity index (χ1) is 8.63. The first kappa shape index (κ1) is 17.7. The van der Waals surface area contributed by atoms with Gasteiger partial charge in [-0.3, -0.25) is 0 Å². The smallest absolute Gasteiger partial charge is 0.151 e. The molecule has 8 nitrogen and oxygen atoms in total. The minimum atomic E-state index is -1.10. The van der Waals surface area contributed by atoms with Crippen LogP contribution in [-0.4, -0.2) is 55.1 Å². The van der Waals surface area contributed by atoms with Crippen LogP contribution in [0.1, 0.15) is 19.8 Å². The number of hydrogen-bond donors (Lipinski definition) is 4. The molecular formula is C10H24N2O6. The highest BCUT2D eigenvalue weighted by molar-refractivity contribution is 4.71. The van der Waals surface area contributed by atoms with Crippen molar-refractivity contribution in [3.63, 3.8) is 0 Å². The standard InChI is InChI=1S/C6H10O3.C4H10O2.H4N2O/c1(5-3-8-5)7-2-6-4-9-6;1-2-3-4(5)6;1-3-2/h5-6H,1-4H2;4-6H,2-3H2,1H3;1-2H2. The summed E-state index contributed by atoms with van der Waals surface area (Å²) in [5.74, 6) is 8.25. The lowest BCUT2D eigenvalue weighted by Crippen LogP contribution is -2.06. The zero-order valence-corrected chi connectivity index (χ0v) is 10.7. The molecule has 8 heteroatoms. The average molecular weight is 268 g/mol. The molecule has 0 bridgehead atoms. The van der Waals surface area contributed by atoms with Crippen LogP contribution in [0, 0.1) is 0 Å². The first-order valence-electron chi connectivity index (χ1n) is 5.86. The third-order valence-electron chi connectivity index (χ3n) is 1.96. The molecule has 2 rings (SSSR count). The molecule has 2 saturated heterocycles. The number of aliphatic hydroxyl groups is 2. The predicted molar refractivity (Wildman–Crippen MR) is 62.9 cm³/mol. The zero-order chi connectivity index (χ0) is 13.8. The Morgan fingerprint density at radius 3 is 1.72 bits per heavy atom. The van der Waals surface area contributed by atoms with Gasteiger partial charge in [-0.2, -0.15) is 11.8 Å². The SMILES string of the molecule is C(OCC1CO1)C1CO1.CCCC(O)O.NON. The molecule has 0 radical (unpaired) electrons. The Morgan fingerprint density at radius 1 is 1.17 bits per heavy atom. The van der Waals surface area contributed by atoms with Crippen LogP contribution < -0.4 is 11.8 Å². The fourth-order valence-corrected chi connectivity index (χ4v) is 0.918. The maximum Gasteiger partial charge on any atom is 0.151 e. The van der Waals surface area contributed by atoms with Crippen LogP contribution in [0.2, 0.25) is 0 Å². The van der Waals surface area contributed by atoms with E-state index in [9.17, 15) is 0 Å². The molecule has 2 heterocycles. The Morgan fingerprint density at radius 2 is 1.56 bits per heavy atom. The monoisotopic (exact) mass is 268 g/mol. The van der Waals surface area contributed by atoms with Gasteiger partial charge in [0.15, 0.2) is 6.29 Å². The minimum absolute atomic E-state index is 0.392. The molecule has 18 heavy (non-hydrogen) atoms. The maximum absolute atomic E-state index is 8.11. The minimum Gasteiger partial charge on any atom is -0.376 e. The van der Waals surface area contributed by atoms with E-state index in [1.54, 1.807) is 0 Å². The number of nitrogens with two attached hydrogens (primary N) is 2. The van der Waals surface area contributed by atoms with Gasteiger partial charge in [0.05, 0.1) is 26.4 Å². The average Bonchev–Trinajstić information content (AvgIpc) is 3.14. The molecule has 2 aliphatic rings. The van der Waals surface area contributed by atoms with Crippen molar-refractivity contribution in [1.82, 2.24) is 0 Å². The summed E-state index contributed by atoms with van der Waals surface area (Å²) in [6.07, 6.45) is 1.000. The van der Waals surface area contributed by atoms with Crippen LogP contribution in [0.15, 0.2) is 0 Å². The molecule has 2 fully saturated rings. The van der Waals surface area contributed by atoms with Crippen LogP contribution >= 0.6 is 0 Å². The molecule has 0 saturated carbocycles. The van der Waals surface area contributed by atoms with Gasteiger partial charge in [-0.1, -0.05) is 13.3 Å². The van der Waals surface area contributed by atoms with E-state index in [1.807, 2.05) is 6.92 Å². The van der Waals surface area contributed by atoms with E-state index in [-0.39, 0.29) is 0 Å². The van der Waals surface area contributed by atoms with Gasteiger partial charge in [-0.15, -0.1) is 0 Å². The van der Waals surface area contributed by atoms with Gasteiger partial charge < -0.3 is 24.4 Å². The lowest BCUT2D eigenvalue weighted by Gasteiger charge is -1.95. The summed E-state index contributed by atoms with van der Waals surface area (Å²) < 4.78 is 15.1. The number of epoxide rings is 2. The van der Waals surface area contributed by atoms with Crippen molar-refractivity contribution in [2.75, 3.05) is 26.4 Å². The molecule has 0 aromatic rings. The largest absolute Gasteiger partial charge is 0.376 e. The topological polar surface area (TPSA) is 136 Å². The Kier molecular flexibility index (Phi) is 11.5. The summed E-state index contributed by atoms with van der Waals surface area (Å²) in [6.45, 7) is 5.16. The second kappa shape index (κ2) is 11.8. The Labute approximate surface area is 107 Å². The summed E-state index contributed by atoms with van der Waals surface area (Å²) in [5.41, 5.74) is 0. The molecule has 0 amide bonds. The molecular weight excluding hydrogens is 244 g/mol. The van der Waals surface area contributed by atoms with Crippen molar-refractivity contribution < 1.29 is 29.4 Å². The molecule has 2 unspecified atom stereocenters. The van der Waals surface area contributed by atoms with E-state index < -0.39 is 6.29 Å². The van der Waals surface area contributed by atoms with E-state index in [4.69, 9.17) is 24.4 Å². The second-order valence-electron chi connectivity index (χ2n) is 3.85. The van der Waals surface area contributed by atoms with Crippen molar-refractivity contribution in [1.29, 1.82) is 0 Å². The van der Waals surface area contributed by atoms with Crippen molar-refractivity contribution in [2.24, 2.45) is 11.8 Å².